The number of carbonyl (C=O) groups is 3. The van der Waals surface area contributed by atoms with Gasteiger partial charge in [-0.15, -0.1) is 0 Å². The Morgan fingerprint density at radius 2 is 1.89 bits per heavy atom. The maximum Gasteiger partial charge on any atom is 0.410 e. The van der Waals surface area contributed by atoms with E-state index in [0.29, 0.717) is 0 Å². The Morgan fingerprint density at radius 1 is 1.33 bits per heavy atom. The highest BCUT2D eigenvalue weighted by Crippen LogP contribution is 2.24. The van der Waals surface area contributed by atoms with Crippen LogP contribution in [0.1, 0.15) is 27.7 Å². The fourth-order valence-corrected chi connectivity index (χ4v) is 1.87. The van der Waals surface area contributed by atoms with Crippen LogP contribution in [-0.4, -0.2) is 48.0 Å². The lowest BCUT2D eigenvalue weighted by Gasteiger charge is -2.27. The number of ether oxygens (including phenoxy) is 2. The molecule has 2 atom stereocenters. The highest BCUT2D eigenvalue weighted by Gasteiger charge is 2.46. The molecule has 0 unspecified atom stereocenters. The molecule has 1 saturated heterocycles. The molecule has 18 heavy (non-hydrogen) atoms. The molecule has 0 aromatic rings. The summed E-state index contributed by atoms with van der Waals surface area (Å²) in [5, 5.41) is 0. The number of hydrogen-bond donors (Lipinski definition) is 0. The summed E-state index contributed by atoms with van der Waals surface area (Å²) in [6, 6.07) is -0.542. The highest BCUT2D eigenvalue weighted by molar-refractivity contribution is 6.04. The molecular formula is C12H19NO5. The molecular weight excluding hydrogens is 238 g/mol. The van der Waals surface area contributed by atoms with Crippen LogP contribution in [0.2, 0.25) is 0 Å². The molecule has 0 spiro atoms. The molecule has 0 N–H and O–H groups in total. The van der Waals surface area contributed by atoms with Gasteiger partial charge in [0.1, 0.15) is 11.5 Å². The molecule has 6 nitrogen and oxygen atoms in total. The van der Waals surface area contributed by atoms with Gasteiger partial charge in [-0.3, -0.25) is 14.5 Å². The second kappa shape index (κ2) is 4.96. The number of methoxy groups -OCH3 is 1. The molecule has 1 rings (SSSR count). The standard InChI is InChI=1S/C12H19NO5/c1-7-9(10(15)17-5)8(14)6-13(7)11(16)18-12(2,3)4/h7,9H,6H2,1-5H3/t7-,9-/m1/s1. The van der Waals surface area contributed by atoms with Crippen molar-refractivity contribution < 1.29 is 23.9 Å². The van der Waals surface area contributed by atoms with Gasteiger partial charge in [0.15, 0.2) is 5.78 Å². The third-order valence-electron chi connectivity index (χ3n) is 2.73. The summed E-state index contributed by atoms with van der Waals surface area (Å²) < 4.78 is 9.75. The SMILES string of the molecule is COC(=O)[C@H]1C(=O)CN(C(=O)OC(C)(C)C)[C@@H]1C. The van der Waals surface area contributed by atoms with Gasteiger partial charge < -0.3 is 9.47 Å². The highest BCUT2D eigenvalue weighted by atomic mass is 16.6. The normalized spacial score (nSPS) is 24.1. The van der Waals surface area contributed by atoms with Crippen molar-refractivity contribution in [2.24, 2.45) is 5.92 Å². The second-order valence-corrected chi connectivity index (χ2v) is 5.32. The molecule has 1 amide bonds. The van der Waals surface area contributed by atoms with Crippen molar-refractivity contribution in [1.82, 2.24) is 4.90 Å². The van der Waals surface area contributed by atoms with Gasteiger partial charge in [0, 0.05) is 0 Å². The van der Waals surface area contributed by atoms with Crippen molar-refractivity contribution in [2.45, 2.75) is 39.3 Å². The molecule has 1 aliphatic rings. The fourth-order valence-electron chi connectivity index (χ4n) is 1.87. The summed E-state index contributed by atoms with van der Waals surface area (Å²) in [5.41, 5.74) is -0.636. The quantitative estimate of drug-likeness (QED) is 0.517. The van der Waals surface area contributed by atoms with Gasteiger partial charge in [-0.05, 0) is 27.7 Å². The lowest BCUT2D eigenvalue weighted by molar-refractivity contribution is -0.148. The molecule has 1 fully saturated rings. The lowest BCUT2D eigenvalue weighted by atomic mass is 10.0. The molecule has 0 aromatic carbocycles. The van der Waals surface area contributed by atoms with Crippen molar-refractivity contribution in [3.8, 4) is 0 Å². The summed E-state index contributed by atoms with van der Waals surface area (Å²) in [5.74, 6) is -1.85. The van der Waals surface area contributed by atoms with Crippen LogP contribution < -0.4 is 0 Å². The topological polar surface area (TPSA) is 72.9 Å². The molecule has 1 heterocycles. The summed E-state index contributed by atoms with van der Waals surface area (Å²) in [6.45, 7) is 6.74. The number of hydrogen-bond acceptors (Lipinski definition) is 5. The number of rotatable bonds is 1. The van der Waals surface area contributed by atoms with E-state index in [2.05, 4.69) is 4.74 Å². The van der Waals surface area contributed by atoms with Gasteiger partial charge in [-0.1, -0.05) is 0 Å². The van der Waals surface area contributed by atoms with E-state index in [1.165, 1.54) is 12.0 Å². The van der Waals surface area contributed by atoms with Crippen molar-refractivity contribution in [3.05, 3.63) is 0 Å². The van der Waals surface area contributed by atoms with E-state index in [0.717, 1.165) is 0 Å². The van der Waals surface area contributed by atoms with Gasteiger partial charge >= 0.3 is 12.1 Å². The van der Waals surface area contributed by atoms with Gasteiger partial charge in [0.05, 0.1) is 19.7 Å². The fraction of sp³-hybridized carbons (Fsp3) is 0.750. The Balaban J connectivity index is 2.80. The van der Waals surface area contributed by atoms with E-state index < -0.39 is 29.6 Å². The van der Waals surface area contributed by atoms with E-state index in [1.54, 1.807) is 27.7 Å². The number of amides is 1. The molecule has 1 aliphatic heterocycles. The van der Waals surface area contributed by atoms with Crippen molar-refractivity contribution in [2.75, 3.05) is 13.7 Å². The van der Waals surface area contributed by atoms with Crippen LogP contribution in [0.5, 0.6) is 0 Å². The average molecular weight is 257 g/mol. The number of Topliss-reactive ketones (excluding diaryl/α,β-unsaturated/α-hetero) is 1. The minimum absolute atomic E-state index is 0.115. The first kappa shape index (κ1) is 14.5. The van der Waals surface area contributed by atoms with E-state index in [4.69, 9.17) is 4.74 Å². The minimum atomic E-state index is -0.914. The van der Waals surface area contributed by atoms with Crippen LogP contribution in [-0.2, 0) is 19.1 Å². The maximum atomic E-state index is 11.9. The largest absolute Gasteiger partial charge is 0.468 e. The maximum absolute atomic E-state index is 11.9. The van der Waals surface area contributed by atoms with E-state index in [1.807, 2.05) is 0 Å². The molecule has 0 bridgehead atoms. The van der Waals surface area contributed by atoms with Crippen LogP contribution >= 0.6 is 0 Å². The third-order valence-corrected chi connectivity index (χ3v) is 2.73. The Kier molecular flexibility index (Phi) is 3.98. The van der Waals surface area contributed by atoms with Gasteiger partial charge in [0.25, 0.3) is 0 Å². The number of likely N-dealkylation sites (tertiary alicyclic amines) is 1. The van der Waals surface area contributed by atoms with Crippen LogP contribution in [0.3, 0.4) is 0 Å². The van der Waals surface area contributed by atoms with Crippen molar-refractivity contribution >= 4 is 17.8 Å². The summed E-state index contributed by atoms with van der Waals surface area (Å²) in [7, 11) is 1.22. The van der Waals surface area contributed by atoms with Crippen LogP contribution in [0.4, 0.5) is 4.79 Å². The predicted octanol–water partition coefficient (Wildman–Crippen LogP) is 0.984. The molecule has 102 valence electrons. The third kappa shape index (κ3) is 3.00. The zero-order chi connectivity index (χ0) is 14.1. The van der Waals surface area contributed by atoms with Crippen LogP contribution in [0.25, 0.3) is 0 Å². The van der Waals surface area contributed by atoms with Gasteiger partial charge in [-0.2, -0.15) is 0 Å². The number of nitrogens with zero attached hydrogens (tertiary/aromatic N) is 1. The summed E-state index contributed by atoms with van der Waals surface area (Å²) in [6.07, 6.45) is -0.588. The molecule has 6 heteroatoms. The number of carbonyl (C=O) groups excluding carboxylic acids is 3. The first-order valence-corrected chi connectivity index (χ1v) is 5.77. The smallest absolute Gasteiger partial charge is 0.410 e. The molecule has 0 aromatic heterocycles. The molecule has 0 radical (unpaired) electrons. The second-order valence-electron chi connectivity index (χ2n) is 5.32. The Bertz CT molecular complexity index is 371. The van der Waals surface area contributed by atoms with E-state index in [9.17, 15) is 14.4 Å². The van der Waals surface area contributed by atoms with Gasteiger partial charge in [-0.25, -0.2) is 4.79 Å². The van der Waals surface area contributed by atoms with Crippen LogP contribution in [0.15, 0.2) is 0 Å². The monoisotopic (exact) mass is 257 g/mol. The number of ketones is 1. The first-order valence-electron chi connectivity index (χ1n) is 5.77. The van der Waals surface area contributed by atoms with Crippen molar-refractivity contribution in [3.63, 3.8) is 0 Å². The Morgan fingerprint density at radius 3 is 2.33 bits per heavy atom. The summed E-state index contributed by atoms with van der Waals surface area (Å²) >= 11 is 0. The molecule has 0 saturated carbocycles. The van der Waals surface area contributed by atoms with E-state index in [-0.39, 0.29) is 12.3 Å². The van der Waals surface area contributed by atoms with Gasteiger partial charge in [0.2, 0.25) is 0 Å². The zero-order valence-electron chi connectivity index (χ0n) is 11.4. The van der Waals surface area contributed by atoms with Crippen molar-refractivity contribution in [1.29, 1.82) is 0 Å². The number of esters is 1. The summed E-state index contributed by atoms with van der Waals surface area (Å²) in [4.78, 5) is 36.3. The molecule has 0 aliphatic carbocycles. The zero-order valence-corrected chi connectivity index (χ0v) is 11.4. The first-order chi connectivity index (χ1) is 8.17. The lowest BCUT2D eigenvalue weighted by Crippen LogP contribution is -2.41. The van der Waals surface area contributed by atoms with E-state index >= 15 is 0 Å². The van der Waals surface area contributed by atoms with Crippen LogP contribution in [0, 0.1) is 5.92 Å². The Labute approximate surface area is 106 Å². The predicted molar refractivity (Wildman–Crippen MR) is 62.9 cm³/mol. The Hall–Kier alpha value is -1.59. The minimum Gasteiger partial charge on any atom is -0.468 e. The average Bonchev–Trinajstić information content (AvgIpc) is 2.51.